The first-order chi connectivity index (χ1) is 17.4. The Kier molecular flexibility index (Phi) is 9.12. The average molecular weight is 540 g/mol. The molecule has 15 heteroatoms. The monoisotopic (exact) mass is 540 g/mol. The van der Waals surface area contributed by atoms with Crippen LogP contribution < -0.4 is 10.3 Å². The van der Waals surface area contributed by atoms with Crippen LogP contribution in [0.2, 0.25) is 0 Å². The number of benzene rings is 1. The van der Waals surface area contributed by atoms with E-state index in [4.69, 9.17) is 30.5 Å². The van der Waals surface area contributed by atoms with Gasteiger partial charge >= 0.3 is 19.8 Å². The van der Waals surface area contributed by atoms with Crippen LogP contribution in [-0.2, 0) is 25.0 Å². The summed E-state index contributed by atoms with van der Waals surface area (Å²) in [5, 5.41) is 38.5. The predicted octanol–water partition coefficient (Wildman–Crippen LogP) is -0.477. The van der Waals surface area contributed by atoms with E-state index in [1.807, 2.05) is 30.5 Å². The van der Waals surface area contributed by atoms with Gasteiger partial charge in [0.1, 0.15) is 23.8 Å². The number of rotatable bonds is 8. The average Bonchev–Trinajstić information content (AvgIpc) is 3.38. The van der Waals surface area contributed by atoms with Gasteiger partial charge in [0.05, 0.1) is 6.61 Å². The Hall–Kier alpha value is -3.20. The number of fused-ring (bicyclic) bond motifs is 1. The molecule has 37 heavy (non-hydrogen) atoms. The molecule has 4 rings (SSSR count). The van der Waals surface area contributed by atoms with E-state index in [9.17, 15) is 24.4 Å². The number of aromatic carboxylic acids is 1. The lowest BCUT2D eigenvalue weighted by atomic mass is 10.1. The normalized spacial score (nSPS) is 22.3. The molecule has 200 valence electrons. The number of aromatic nitrogens is 2. The first kappa shape index (κ1) is 28.4. The van der Waals surface area contributed by atoms with Crippen molar-refractivity contribution >= 4 is 30.7 Å². The number of para-hydroxylation sites is 1. The number of carboxylic acid groups (broad SMARTS) is 2. The fourth-order valence-corrected chi connectivity index (χ4v) is 4.03. The van der Waals surface area contributed by atoms with E-state index in [2.05, 4.69) is 9.51 Å². The minimum atomic E-state index is -4.73. The fourth-order valence-electron chi connectivity index (χ4n) is 3.69. The quantitative estimate of drug-likeness (QED) is 0.134. The Bertz CT molecular complexity index is 1290. The number of H-pyrrole nitrogens is 1. The lowest BCUT2D eigenvalue weighted by Crippen LogP contribution is -2.46. The topological polar surface area (TPSA) is 237 Å². The van der Waals surface area contributed by atoms with Gasteiger partial charge in [0.15, 0.2) is 18.5 Å². The lowest BCUT2D eigenvalue weighted by Gasteiger charge is -2.13. The Labute approximate surface area is 209 Å². The summed E-state index contributed by atoms with van der Waals surface area (Å²) in [5.74, 6) is -2.15. The summed E-state index contributed by atoms with van der Waals surface area (Å²) in [6, 6.07) is 9.67. The minimum absolute atomic E-state index is 0.0530. The number of aliphatic carboxylic acids is 1. The van der Waals surface area contributed by atoms with Crippen molar-refractivity contribution in [1.29, 1.82) is 0 Å². The van der Waals surface area contributed by atoms with Gasteiger partial charge in [0.2, 0.25) is 0 Å². The number of aliphatic hydroxyl groups is 2. The molecule has 1 aromatic carbocycles. The van der Waals surface area contributed by atoms with E-state index in [1.54, 1.807) is 0 Å². The number of nitrogens with one attached hydrogen (secondary N) is 1. The number of carboxylic acids is 2. The van der Waals surface area contributed by atoms with Crippen molar-refractivity contribution in [3.05, 3.63) is 66.1 Å². The number of phosphoric acid groups is 1. The first-order valence-electron chi connectivity index (χ1n) is 10.9. The zero-order chi connectivity index (χ0) is 27.3. The van der Waals surface area contributed by atoms with Gasteiger partial charge in [-0.25, -0.2) is 9.36 Å². The third kappa shape index (κ3) is 7.41. The van der Waals surface area contributed by atoms with Gasteiger partial charge in [-0.15, -0.1) is 0 Å². The van der Waals surface area contributed by atoms with Gasteiger partial charge in [-0.1, -0.05) is 18.2 Å². The molecule has 1 fully saturated rings. The number of pyridine rings is 1. The molecule has 1 unspecified atom stereocenters. The maximum atomic E-state index is 10.9. The highest BCUT2D eigenvalue weighted by Gasteiger charge is 2.49. The van der Waals surface area contributed by atoms with E-state index >= 15 is 0 Å². The Morgan fingerprint density at radius 2 is 1.84 bits per heavy atom. The molecular formula is C22H27N3O11P+. The highest BCUT2D eigenvalue weighted by molar-refractivity contribution is 7.46. The molecule has 2 aromatic heterocycles. The van der Waals surface area contributed by atoms with Gasteiger partial charge < -0.3 is 45.7 Å². The maximum absolute atomic E-state index is 10.9. The molecule has 0 spiro atoms. The molecule has 14 nitrogen and oxygen atoms in total. The number of carbonyl (C=O) groups is 2. The van der Waals surface area contributed by atoms with E-state index < -0.39 is 56.9 Å². The Morgan fingerprint density at radius 1 is 1.14 bits per heavy atom. The number of ether oxygens (including phenoxy) is 1. The summed E-state index contributed by atoms with van der Waals surface area (Å²) in [7, 11) is -4.73. The van der Waals surface area contributed by atoms with Crippen LogP contribution in [0.4, 0.5) is 0 Å². The first-order valence-corrected chi connectivity index (χ1v) is 12.4. The molecule has 1 aliphatic rings. The van der Waals surface area contributed by atoms with Crippen molar-refractivity contribution in [3.63, 3.8) is 0 Å². The van der Waals surface area contributed by atoms with E-state index in [0.29, 0.717) is 6.42 Å². The van der Waals surface area contributed by atoms with Crippen molar-refractivity contribution in [2.45, 2.75) is 37.0 Å². The van der Waals surface area contributed by atoms with Crippen molar-refractivity contribution < 1.29 is 58.2 Å². The third-order valence-corrected chi connectivity index (χ3v) is 6.02. The van der Waals surface area contributed by atoms with E-state index in [1.165, 1.54) is 29.1 Å². The number of aromatic amines is 1. The molecule has 1 saturated heterocycles. The summed E-state index contributed by atoms with van der Waals surface area (Å²) >= 11 is 0. The summed E-state index contributed by atoms with van der Waals surface area (Å²) in [4.78, 5) is 41.9. The van der Waals surface area contributed by atoms with Crippen LogP contribution in [0.5, 0.6) is 0 Å². The predicted molar refractivity (Wildman–Crippen MR) is 125 cm³/mol. The molecule has 9 N–H and O–H groups in total. The molecule has 0 bridgehead atoms. The lowest BCUT2D eigenvalue weighted by molar-refractivity contribution is -0.765. The van der Waals surface area contributed by atoms with Gasteiger partial charge in [-0.3, -0.25) is 9.32 Å². The van der Waals surface area contributed by atoms with Crippen LogP contribution in [0.1, 0.15) is 22.1 Å². The van der Waals surface area contributed by atoms with E-state index in [0.717, 1.165) is 16.5 Å². The number of hydrogen-bond donors (Lipinski definition) is 8. The molecule has 0 aliphatic carbocycles. The fraction of sp³-hybridized carbons (Fsp3) is 0.318. The highest BCUT2D eigenvalue weighted by Crippen LogP contribution is 2.37. The molecule has 0 amide bonds. The van der Waals surface area contributed by atoms with Crippen LogP contribution in [0, 0.1) is 0 Å². The molecule has 0 saturated carbocycles. The highest BCUT2D eigenvalue weighted by atomic mass is 31.2. The number of nitrogens with two attached hydrogens (primary N) is 1. The van der Waals surface area contributed by atoms with Gasteiger partial charge in [0.25, 0.3) is 6.23 Å². The number of nitrogens with zero attached hydrogens (tertiary/aromatic N) is 1. The molecule has 3 heterocycles. The second-order valence-electron chi connectivity index (χ2n) is 8.19. The molecule has 3 aromatic rings. The van der Waals surface area contributed by atoms with Crippen molar-refractivity contribution in [2.24, 2.45) is 5.73 Å². The minimum Gasteiger partial charge on any atom is -0.480 e. The summed E-state index contributed by atoms with van der Waals surface area (Å²) in [6.07, 6.45) is -0.355. The maximum Gasteiger partial charge on any atom is 0.469 e. The molecular weight excluding hydrogens is 513 g/mol. The summed E-state index contributed by atoms with van der Waals surface area (Å²) in [6.45, 7) is -0.627. The Morgan fingerprint density at radius 3 is 2.49 bits per heavy atom. The van der Waals surface area contributed by atoms with Crippen molar-refractivity contribution in [1.82, 2.24) is 4.98 Å². The van der Waals surface area contributed by atoms with Crippen LogP contribution >= 0.6 is 7.82 Å². The molecule has 0 radical (unpaired) electrons. The van der Waals surface area contributed by atoms with Gasteiger partial charge in [-0.05, 0) is 17.7 Å². The SMILES string of the molecule is NC(Cc1c[nH]c2ccccc12)C(=O)O.O=C(O)c1ccc[n+]([C@@H]2O[C@H](COP(=O)(O)O)[C@@H](O)[C@H]2O)c1. The zero-order valence-corrected chi connectivity index (χ0v) is 20.1. The van der Waals surface area contributed by atoms with E-state index in [-0.39, 0.29) is 5.56 Å². The third-order valence-electron chi connectivity index (χ3n) is 5.54. The summed E-state index contributed by atoms with van der Waals surface area (Å²) in [5.41, 5.74) is 7.38. The van der Waals surface area contributed by atoms with Crippen molar-refractivity contribution in [2.75, 3.05) is 6.61 Å². The second-order valence-corrected chi connectivity index (χ2v) is 9.43. The van der Waals surface area contributed by atoms with Crippen LogP contribution in [0.3, 0.4) is 0 Å². The van der Waals surface area contributed by atoms with Crippen LogP contribution in [-0.4, -0.2) is 78.1 Å². The van der Waals surface area contributed by atoms with Crippen LogP contribution in [0.15, 0.2) is 55.0 Å². The number of aliphatic hydroxyl groups excluding tert-OH is 2. The van der Waals surface area contributed by atoms with Crippen molar-refractivity contribution in [3.8, 4) is 0 Å². The number of hydrogen-bond acceptors (Lipinski definition) is 8. The largest absolute Gasteiger partial charge is 0.480 e. The van der Waals surface area contributed by atoms with Gasteiger partial charge in [0, 0.05) is 29.6 Å². The number of phosphoric ester groups is 1. The summed E-state index contributed by atoms with van der Waals surface area (Å²) < 4.78 is 21.4. The van der Waals surface area contributed by atoms with Gasteiger partial charge in [-0.2, -0.15) is 4.57 Å². The standard InChI is InChI=1S/C11H12N2O2.C11H14NO9P/c12-9(11(14)15)5-7-6-13-10-4-2-1-3-8(7)10;13-8-7(5-20-22(17,18)19)21-10(9(8)14)12-3-1-2-6(4-12)11(15)16/h1-4,6,9,13H,5,12H2,(H,14,15);1-4,7-10,13-14H,5H2,(H2-,15,16,17,18,19)/p+1/t;7-,8-,9-,10-/m.1/s1. The zero-order valence-electron chi connectivity index (χ0n) is 19.2. The second kappa shape index (κ2) is 11.9. The van der Waals surface area contributed by atoms with Crippen LogP contribution in [0.25, 0.3) is 10.9 Å². The molecule has 1 aliphatic heterocycles. The molecule has 5 atom stereocenters. The Balaban J connectivity index is 0.000000220. The smallest absolute Gasteiger partial charge is 0.469 e.